The van der Waals surface area contributed by atoms with Gasteiger partial charge in [0.1, 0.15) is 11.5 Å². The number of aromatic nitrogens is 4. The highest BCUT2D eigenvalue weighted by molar-refractivity contribution is 5.91. The molecule has 0 aliphatic carbocycles. The third-order valence-electron chi connectivity index (χ3n) is 3.02. The molecule has 3 aromatic rings. The lowest BCUT2D eigenvalue weighted by Gasteiger charge is -2.05. The van der Waals surface area contributed by atoms with Crippen molar-refractivity contribution in [3.63, 3.8) is 0 Å². The van der Waals surface area contributed by atoms with E-state index in [2.05, 4.69) is 20.3 Å². The third-order valence-corrected chi connectivity index (χ3v) is 3.02. The van der Waals surface area contributed by atoms with Gasteiger partial charge < -0.3 is 9.88 Å². The number of fused-ring (bicyclic) bond motifs is 1. The Morgan fingerprint density at radius 3 is 2.84 bits per heavy atom. The van der Waals surface area contributed by atoms with E-state index in [9.17, 15) is 0 Å². The third kappa shape index (κ3) is 2.03. The molecule has 3 heterocycles. The molecule has 0 bridgehead atoms. The number of nitrogens with one attached hydrogen (secondary N) is 1. The van der Waals surface area contributed by atoms with E-state index in [1.807, 2.05) is 42.9 Å². The summed E-state index contributed by atoms with van der Waals surface area (Å²) in [6.45, 7) is 2.89. The molecule has 0 aliphatic heterocycles. The first-order chi connectivity index (χ1) is 9.29. The van der Waals surface area contributed by atoms with Crippen LogP contribution in [0.3, 0.4) is 0 Å². The second-order valence-electron chi connectivity index (χ2n) is 4.32. The topological polar surface area (TPSA) is 55.6 Å². The predicted octanol–water partition coefficient (Wildman–Crippen LogP) is 2.46. The molecule has 1 N–H and O–H groups in total. The molecule has 3 rings (SSSR count). The minimum absolute atomic E-state index is 0.719. The molecule has 96 valence electrons. The van der Waals surface area contributed by atoms with Crippen molar-refractivity contribution in [1.82, 2.24) is 19.5 Å². The molecular weight excluding hydrogens is 238 g/mol. The zero-order valence-electron chi connectivity index (χ0n) is 11.0. The Kier molecular flexibility index (Phi) is 2.87. The molecule has 0 atom stereocenters. The SMILES string of the molecule is CCNc1ccnc(-c2ccnc3c2ccn3C)n1. The summed E-state index contributed by atoms with van der Waals surface area (Å²) in [5, 5.41) is 4.27. The Hall–Kier alpha value is -2.43. The van der Waals surface area contributed by atoms with E-state index in [0.717, 1.165) is 34.8 Å². The molecule has 0 unspecified atom stereocenters. The van der Waals surface area contributed by atoms with Crippen molar-refractivity contribution in [3.05, 3.63) is 36.8 Å². The second-order valence-corrected chi connectivity index (χ2v) is 4.32. The molecule has 0 spiro atoms. The van der Waals surface area contributed by atoms with E-state index in [-0.39, 0.29) is 0 Å². The molecular formula is C14H15N5. The summed E-state index contributed by atoms with van der Waals surface area (Å²) >= 11 is 0. The van der Waals surface area contributed by atoms with Crippen LogP contribution >= 0.6 is 0 Å². The van der Waals surface area contributed by atoms with Gasteiger partial charge in [-0.2, -0.15) is 0 Å². The van der Waals surface area contributed by atoms with Gasteiger partial charge in [0.2, 0.25) is 0 Å². The van der Waals surface area contributed by atoms with E-state index in [0.29, 0.717) is 0 Å². The van der Waals surface area contributed by atoms with Gasteiger partial charge in [-0.15, -0.1) is 0 Å². The molecule has 19 heavy (non-hydrogen) atoms. The number of aryl methyl sites for hydroxylation is 1. The van der Waals surface area contributed by atoms with Gasteiger partial charge in [-0.1, -0.05) is 0 Å². The van der Waals surface area contributed by atoms with Crippen LogP contribution in [0.15, 0.2) is 36.8 Å². The predicted molar refractivity (Wildman–Crippen MR) is 75.9 cm³/mol. The average Bonchev–Trinajstić information content (AvgIpc) is 2.81. The Morgan fingerprint density at radius 2 is 2.00 bits per heavy atom. The van der Waals surface area contributed by atoms with Crippen LogP contribution in [0, 0.1) is 0 Å². The second kappa shape index (κ2) is 4.68. The van der Waals surface area contributed by atoms with Gasteiger partial charge in [-0.25, -0.2) is 15.0 Å². The molecule has 0 saturated heterocycles. The minimum Gasteiger partial charge on any atom is -0.370 e. The molecule has 0 fully saturated rings. The van der Waals surface area contributed by atoms with Gasteiger partial charge in [0.25, 0.3) is 0 Å². The highest BCUT2D eigenvalue weighted by Gasteiger charge is 2.09. The first kappa shape index (κ1) is 11.6. The maximum Gasteiger partial charge on any atom is 0.162 e. The van der Waals surface area contributed by atoms with Crippen molar-refractivity contribution in [2.45, 2.75) is 6.92 Å². The zero-order chi connectivity index (χ0) is 13.2. The van der Waals surface area contributed by atoms with Crippen LogP contribution in [-0.2, 0) is 7.05 Å². The molecule has 3 aromatic heterocycles. The summed E-state index contributed by atoms with van der Waals surface area (Å²) in [7, 11) is 1.98. The van der Waals surface area contributed by atoms with E-state index in [1.54, 1.807) is 12.4 Å². The van der Waals surface area contributed by atoms with Gasteiger partial charge in [0.05, 0.1) is 0 Å². The van der Waals surface area contributed by atoms with Gasteiger partial charge in [-0.05, 0) is 25.1 Å². The van der Waals surface area contributed by atoms with Crippen molar-refractivity contribution in [1.29, 1.82) is 0 Å². The molecule has 0 radical (unpaired) electrons. The fourth-order valence-electron chi connectivity index (χ4n) is 2.13. The van der Waals surface area contributed by atoms with Crippen molar-refractivity contribution >= 4 is 16.9 Å². The van der Waals surface area contributed by atoms with Gasteiger partial charge in [0, 0.05) is 43.1 Å². The number of anilines is 1. The average molecular weight is 253 g/mol. The summed E-state index contributed by atoms with van der Waals surface area (Å²) in [5.74, 6) is 1.56. The zero-order valence-corrected chi connectivity index (χ0v) is 11.0. The molecule has 0 aromatic carbocycles. The fraction of sp³-hybridized carbons (Fsp3) is 0.214. The number of hydrogen-bond donors (Lipinski definition) is 1. The molecule has 0 amide bonds. The summed E-state index contributed by atoms with van der Waals surface area (Å²) in [6.07, 6.45) is 5.56. The van der Waals surface area contributed by atoms with Crippen molar-refractivity contribution in [2.24, 2.45) is 7.05 Å². The van der Waals surface area contributed by atoms with Crippen molar-refractivity contribution in [2.75, 3.05) is 11.9 Å². The van der Waals surface area contributed by atoms with E-state index in [1.165, 1.54) is 0 Å². The Labute approximate surface area is 111 Å². The number of hydrogen-bond acceptors (Lipinski definition) is 4. The minimum atomic E-state index is 0.719. The van der Waals surface area contributed by atoms with E-state index >= 15 is 0 Å². The van der Waals surface area contributed by atoms with Crippen LogP contribution in [0.5, 0.6) is 0 Å². The normalized spacial score (nSPS) is 10.8. The fourth-order valence-corrected chi connectivity index (χ4v) is 2.13. The van der Waals surface area contributed by atoms with Crippen molar-refractivity contribution in [3.8, 4) is 11.4 Å². The lowest BCUT2D eigenvalue weighted by molar-refractivity contribution is 0.948. The molecule has 0 saturated carbocycles. The lowest BCUT2D eigenvalue weighted by atomic mass is 10.2. The maximum absolute atomic E-state index is 4.53. The number of rotatable bonds is 3. The first-order valence-corrected chi connectivity index (χ1v) is 6.27. The Morgan fingerprint density at radius 1 is 1.16 bits per heavy atom. The van der Waals surface area contributed by atoms with Gasteiger partial charge >= 0.3 is 0 Å². The standard InChI is InChI=1S/C14H15N5/c1-3-15-12-5-8-16-13(18-12)10-4-7-17-14-11(10)6-9-19(14)2/h4-9H,3H2,1-2H3,(H,15,16,18). The van der Waals surface area contributed by atoms with Crippen LogP contribution in [0.2, 0.25) is 0 Å². The summed E-state index contributed by atoms with van der Waals surface area (Å²) in [4.78, 5) is 13.3. The Bertz CT molecular complexity index is 717. The quantitative estimate of drug-likeness (QED) is 0.779. The van der Waals surface area contributed by atoms with Crippen LogP contribution < -0.4 is 5.32 Å². The summed E-state index contributed by atoms with van der Waals surface area (Å²) < 4.78 is 1.99. The molecule has 5 heteroatoms. The summed E-state index contributed by atoms with van der Waals surface area (Å²) in [5.41, 5.74) is 1.94. The van der Waals surface area contributed by atoms with E-state index < -0.39 is 0 Å². The van der Waals surface area contributed by atoms with Crippen LogP contribution in [0.1, 0.15) is 6.92 Å². The molecule has 0 aliphatic rings. The monoisotopic (exact) mass is 253 g/mol. The molecule has 5 nitrogen and oxygen atoms in total. The number of pyridine rings is 1. The van der Waals surface area contributed by atoms with Gasteiger partial charge in [-0.3, -0.25) is 0 Å². The van der Waals surface area contributed by atoms with E-state index in [4.69, 9.17) is 0 Å². The van der Waals surface area contributed by atoms with Gasteiger partial charge in [0.15, 0.2) is 5.82 Å². The Balaban J connectivity index is 2.16. The number of nitrogens with zero attached hydrogens (tertiary/aromatic N) is 4. The first-order valence-electron chi connectivity index (χ1n) is 6.27. The van der Waals surface area contributed by atoms with Crippen LogP contribution in [0.25, 0.3) is 22.4 Å². The van der Waals surface area contributed by atoms with Crippen LogP contribution in [0.4, 0.5) is 5.82 Å². The van der Waals surface area contributed by atoms with Crippen molar-refractivity contribution < 1.29 is 0 Å². The largest absolute Gasteiger partial charge is 0.370 e. The smallest absolute Gasteiger partial charge is 0.162 e. The highest BCUT2D eigenvalue weighted by Crippen LogP contribution is 2.25. The lowest BCUT2D eigenvalue weighted by Crippen LogP contribution is -2.01. The highest BCUT2D eigenvalue weighted by atomic mass is 15.0. The van der Waals surface area contributed by atoms with Crippen LogP contribution in [-0.4, -0.2) is 26.1 Å². The maximum atomic E-state index is 4.53. The summed E-state index contributed by atoms with van der Waals surface area (Å²) in [6, 6.07) is 5.87.